The Morgan fingerprint density at radius 2 is 1.62 bits per heavy atom. The molecule has 8 nitrogen and oxygen atoms in total. The van der Waals surface area contributed by atoms with Crippen LogP contribution in [0, 0.1) is 0 Å². The second kappa shape index (κ2) is 8.08. The van der Waals surface area contributed by atoms with E-state index in [4.69, 9.17) is 10.2 Å². The summed E-state index contributed by atoms with van der Waals surface area (Å²) in [6.45, 7) is 2.97. The molecule has 0 aliphatic carbocycles. The molecule has 3 amide bonds. The van der Waals surface area contributed by atoms with Crippen molar-refractivity contribution < 1.29 is 18.8 Å². The van der Waals surface area contributed by atoms with Crippen LogP contribution in [0.15, 0.2) is 46.9 Å². The number of para-hydroxylation sites is 1. The Kier molecular flexibility index (Phi) is 5.35. The maximum atomic E-state index is 13.1. The minimum Gasteiger partial charge on any atom is -0.446 e. The second-order valence-corrected chi connectivity index (χ2v) is 7.34. The molecule has 1 aromatic carbocycles. The summed E-state index contributed by atoms with van der Waals surface area (Å²) >= 11 is 0. The molecular weight excluding hydrogens is 372 g/mol. The van der Waals surface area contributed by atoms with Crippen LogP contribution < -0.4 is 10.6 Å². The van der Waals surface area contributed by atoms with Gasteiger partial charge in [-0.2, -0.15) is 0 Å². The van der Waals surface area contributed by atoms with Gasteiger partial charge in [0.25, 0.3) is 11.8 Å². The van der Waals surface area contributed by atoms with E-state index in [2.05, 4.69) is 4.90 Å². The zero-order valence-corrected chi connectivity index (χ0v) is 16.1. The second-order valence-electron chi connectivity index (χ2n) is 7.34. The minimum atomic E-state index is -0.701. The van der Waals surface area contributed by atoms with Crippen LogP contribution in [0.1, 0.15) is 34.0 Å². The Bertz CT molecular complexity index is 902. The van der Waals surface area contributed by atoms with Gasteiger partial charge in [-0.15, -0.1) is 0 Å². The minimum absolute atomic E-state index is 0.0270. The smallest absolute Gasteiger partial charge is 0.289 e. The van der Waals surface area contributed by atoms with E-state index in [9.17, 15) is 14.4 Å². The normalized spacial score (nSPS) is 20.7. The van der Waals surface area contributed by atoms with Gasteiger partial charge < -0.3 is 20.0 Å². The molecule has 0 unspecified atom stereocenters. The Balaban J connectivity index is 1.38. The van der Waals surface area contributed by atoms with E-state index in [1.807, 2.05) is 35.2 Å². The molecule has 2 fully saturated rings. The highest BCUT2D eigenvalue weighted by Gasteiger charge is 2.36. The van der Waals surface area contributed by atoms with E-state index in [1.54, 1.807) is 4.90 Å². The summed E-state index contributed by atoms with van der Waals surface area (Å²) in [4.78, 5) is 42.5. The number of primary amides is 1. The van der Waals surface area contributed by atoms with E-state index >= 15 is 0 Å². The van der Waals surface area contributed by atoms with Gasteiger partial charge in [-0.05, 0) is 37.1 Å². The Morgan fingerprint density at radius 3 is 2.28 bits per heavy atom. The van der Waals surface area contributed by atoms with Crippen molar-refractivity contribution in [1.29, 1.82) is 0 Å². The summed E-state index contributed by atoms with van der Waals surface area (Å²) in [5.74, 6) is -0.762. The molecule has 2 N–H and O–H groups in total. The van der Waals surface area contributed by atoms with Crippen molar-refractivity contribution in [3.05, 3.63) is 54.0 Å². The average Bonchev–Trinajstić information content (AvgIpc) is 3.25. The van der Waals surface area contributed by atoms with Crippen LogP contribution in [0.25, 0.3) is 0 Å². The molecule has 2 aromatic rings. The molecule has 8 heteroatoms. The molecule has 0 spiro atoms. The highest BCUT2D eigenvalue weighted by molar-refractivity contribution is 5.98. The molecule has 4 rings (SSSR count). The number of furan rings is 1. The fourth-order valence-electron chi connectivity index (χ4n) is 4.04. The van der Waals surface area contributed by atoms with E-state index in [-0.39, 0.29) is 29.4 Å². The summed E-state index contributed by atoms with van der Waals surface area (Å²) in [5, 5.41) is 0. The number of piperidine rings is 1. The lowest BCUT2D eigenvalue weighted by Gasteiger charge is -2.42. The van der Waals surface area contributed by atoms with E-state index in [1.165, 1.54) is 12.1 Å². The van der Waals surface area contributed by atoms with Crippen molar-refractivity contribution in [3.8, 4) is 0 Å². The lowest BCUT2D eigenvalue weighted by Crippen LogP contribution is -2.58. The van der Waals surface area contributed by atoms with Crippen LogP contribution in [0.4, 0.5) is 5.69 Å². The van der Waals surface area contributed by atoms with Crippen molar-refractivity contribution in [3.63, 3.8) is 0 Å². The molecule has 2 aliphatic rings. The number of hydrogen-bond donors (Lipinski definition) is 1. The zero-order valence-electron chi connectivity index (χ0n) is 16.1. The van der Waals surface area contributed by atoms with Crippen molar-refractivity contribution in [2.45, 2.75) is 18.9 Å². The van der Waals surface area contributed by atoms with Gasteiger partial charge in [0, 0.05) is 38.4 Å². The monoisotopic (exact) mass is 396 g/mol. The summed E-state index contributed by atoms with van der Waals surface area (Å²) in [7, 11) is 0. The van der Waals surface area contributed by atoms with Crippen molar-refractivity contribution in [2.24, 2.45) is 5.73 Å². The number of anilines is 1. The first kappa shape index (κ1) is 19.2. The van der Waals surface area contributed by atoms with Crippen LogP contribution in [0.2, 0.25) is 0 Å². The number of carbonyl (C=O) groups is 3. The first-order valence-electron chi connectivity index (χ1n) is 9.84. The third-order valence-corrected chi connectivity index (χ3v) is 5.58. The van der Waals surface area contributed by atoms with Crippen LogP contribution in [0.5, 0.6) is 0 Å². The summed E-state index contributed by atoms with van der Waals surface area (Å²) < 4.78 is 5.24. The Morgan fingerprint density at radius 1 is 0.931 bits per heavy atom. The number of piperazine rings is 1. The summed E-state index contributed by atoms with van der Waals surface area (Å²) in [6.07, 6.45) is 1.78. The highest BCUT2D eigenvalue weighted by Crippen LogP contribution is 2.24. The van der Waals surface area contributed by atoms with Crippen LogP contribution >= 0.6 is 0 Å². The van der Waals surface area contributed by atoms with Crippen LogP contribution in [0.3, 0.4) is 0 Å². The van der Waals surface area contributed by atoms with Gasteiger partial charge >= 0.3 is 0 Å². The number of rotatable bonds is 4. The van der Waals surface area contributed by atoms with E-state index < -0.39 is 5.91 Å². The number of nitrogens with zero attached hydrogens (tertiary/aromatic N) is 3. The number of nitrogens with two attached hydrogens (primary N) is 1. The number of amides is 3. The van der Waals surface area contributed by atoms with Gasteiger partial charge in [0.05, 0.1) is 6.04 Å². The highest BCUT2D eigenvalue weighted by atomic mass is 16.4. The fraction of sp³-hybridized carbons (Fsp3) is 0.381. The van der Waals surface area contributed by atoms with Crippen LogP contribution in [-0.4, -0.2) is 66.3 Å². The van der Waals surface area contributed by atoms with Gasteiger partial charge in [0.15, 0.2) is 11.5 Å². The van der Waals surface area contributed by atoms with Crippen molar-refractivity contribution in [2.75, 3.05) is 37.6 Å². The zero-order chi connectivity index (χ0) is 20.4. The van der Waals surface area contributed by atoms with Crippen molar-refractivity contribution >= 4 is 23.4 Å². The quantitative estimate of drug-likeness (QED) is 0.840. The topological polar surface area (TPSA) is 100 Å². The molecule has 0 bridgehead atoms. The first-order chi connectivity index (χ1) is 14.0. The molecule has 2 aliphatic heterocycles. The van der Waals surface area contributed by atoms with Gasteiger partial charge in [-0.1, -0.05) is 18.2 Å². The van der Waals surface area contributed by atoms with Gasteiger partial charge in [-0.25, -0.2) is 0 Å². The van der Waals surface area contributed by atoms with E-state index in [0.29, 0.717) is 26.2 Å². The first-order valence-corrected chi connectivity index (χ1v) is 9.84. The third kappa shape index (κ3) is 3.88. The van der Waals surface area contributed by atoms with E-state index in [0.717, 1.165) is 25.1 Å². The lowest BCUT2D eigenvalue weighted by atomic mass is 10.0. The van der Waals surface area contributed by atoms with Gasteiger partial charge in [0.2, 0.25) is 5.91 Å². The molecule has 0 saturated carbocycles. The summed E-state index contributed by atoms with van der Waals surface area (Å²) in [6, 6.07) is 12.5. The lowest BCUT2D eigenvalue weighted by molar-refractivity contribution is -0.126. The number of carbonyl (C=O) groups excluding carboxylic acids is 3. The van der Waals surface area contributed by atoms with Crippen LogP contribution in [-0.2, 0) is 4.79 Å². The molecule has 1 atom stereocenters. The standard InChI is InChI=1S/C21H24N4O4/c22-19(26)17-8-9-18(29-17)21(28)24-13-11-23(12-14-24)16-7-4-10-25(20(16)27)15-5-2-1-3-6-15/h1-3,5-6,8-9,16H,4,7,10-14H2,(H2,22,26)/t16-/m1/s1. The molecular formula is C21H24N4O4. The summed E-state index contributed by atoms with van der Waals surface area (Å²) in [5.41, 5.74) is 6.10. The molecule has 0 radical (unpaired) electrons. The maximum Gasteiger partial charge on any atom is 0.289 e. The van der Waals surface area contributed by atoms with Crippen molar-refractivity contribution in [1.82, 2.24) is 9.80 Å². The Labute approximate surface area is 168 Å². The third-order valence-electron chi connectivity index (χ3n) is 5.58. The fourth-order valence-corrected chi connectivity index (χ4v) is 4.04. The SMILES string of the molecule is NC(=O)c1ccc(C(=O)N2CCN([C@@H]3CCCN(c4ccccc4)C3=O)CC2)o1. The molecule has 3 heterocycles. The predicted octanol–water partition coefficient (Wildman–Crippen LogP) is 1.33. The molecule has 1 aromatic heterocycles. The van der Waals surface area contributed by atoms with Gasteiger partial charge in [0.1, 0.15) is 0 Å². The van der Waals surface area contributed by atoms with Gasteiger partial charge in [-0.3, -0.25) is 19.3 Å². The molecule has 2 saturated heterocycles. The number of benzene rings is 1. The largest absolute Gasteiger partial charge is 0.446 e. The maximum absolute atomic E-state index is 13.1. The number of hydrogen-bond acceptors (Lipinski definition) is 5. The Hall–Kier alpha value is -3.13. The molecule has 29 heavy (non-hydrogen) atoms. The predicted molar refractivity (Wildman–Crippen MR) is 107 cm³/mol. The average molecular weight is 396 g/mol. The molecule has 152 valence electrons.